The Morgan fingerprint density at radius 1 is 0.400 bits per heavy atom. The van der Waals surface area contributed by atoms with E-state index in [0.29, 0.717) is 16.7 Å². The van der Waals surface area contributed by atoms with E-state index in [-0.39, 0.29) is 23.3 Å². The molecule has 0 atom stereocenters. The average molecular weight is 705 g/mol. The number of fused-ring (bicyclic) bond motifs is 6. The van der Waals surface area contributed by atoms with Gasteiger partial charge in [-0.25, -0.2) is 9.97 Å². The highest BCUT2D eigenvalue weighted by molar-refractivity contribution is 6.15. The van der Waals surface area contributed by atoms with E-state index in [4.69, 9.17) is 16.8 Å². The lowest BCUT2D eigenvalue weighted by Crippen LogP contribution is -1.99. The summed E-state index contributed by atoms with van der Waals surface area (Å²) in [5.74, 6) is 0.382. The predicted octanol–water partition coefficient (Wildman–Crippen LogP) is 13.7. The maximum Gasteiger partial charge on any atom is 0.161 e. The van der Waals surface area contributed by atoms with E-state index in [1.807, 2.05) is 66.7 Å². The minimum Gasteiger partial charge on any atom is -0.309 e. The second kappa shape index (κ2) is 12.6. The van der Waals surface area contributed by atoms with Crippen LogP contribution in [0.25, 0.3) is 105 Å². The van der Waals surface area contributed by atoms with Crippen molar-refractivity contribution in [3.05, 3.63) is 200 Å². The first-order valence-corrected chi connectivity index (χ1v) is 18.3. The highest BCUT2D eigenvalue weighted by Gasteiger charge is 2.19. The Balaban J connectivity index is 1.21. The summed E-state index contributed by atoms with van der Waals surface area (Å²) in [6.45, 7) is 0. The molecule has 9 aromatic carbocycles. The van der Waals surface area contributed by atoms with E-state index in [1.54, 1.807) is 0 Å². The van der Waals surface area contributed by atoms with Crippen LogP contribution in [0.2, 0.25) is 0 Å². The molecular weight excluding hydrogens is 667 g/mol. The van der Waals surface area contributed by atoms with Crippen LogP contribution in [-0.4, -0.2) is 14.5 Å². The molecule has 0 N–H and O–H groups in total. The smallest absolute Gasteiger partial charge is 0.161 e. The molecule has 0 fully saturated rings. The lowest BCUT2D eigenvalue weighted by molar-refractivity contribution is 1.18. The molecule has 0 amide bonds. The molecular formula is C52H33N3. The van der Waals surface area contributed by atoms with E-state index < -0.39 is 18.1 Å². The zero-order chi connectivity index (χ0) is 40.6. The van der Waals surface area contributed by atoms with Crippen LogP contribution >= 0.6 is 0 Å². The summed E-state index contributed by atoms with van der Waals surface area (Å²) in [5, 5.41) is 7.05. The van der Waals surface area contributed by atoms with Crippen molar-refractivity contribution in [2.45, 2.75) is 0 Å². The first-order chi connectivity index (χ1) is 29.3. The Morgan fingerprint density at radius 3 is 1.76 bits per heavy atom. The summed E-state index contributed by atoms with van der Waals surface area (Å²) < 4.78 is 45.9. The number of aromatic nitrogens is 3. The van der Waals surface area contributed by atoms with Gasteiger partial charge in [-0.3, -0.25) is 0 Å². The van der Waals surface area contributed by atoms with E-state index >= 15 is 0 Å². The maximum absolute atomic E-state index is 9.05. The zero-order valence-electron chi connectivity index (χ0n) is 34.5. The lowest BCUT2D eigenvalue weighted by Gasteiger charge is -2.15. The summed E-state index contributed by atoms with van der Waals surface area (Å²) in [5.41, 5.74) is 8.83. The minimum atomic E-state index is -0.453. The van der Waals surface area contributed by atoms with Crippen LogP contribution in [-0.2, 0) is 0 Å². The molecule has 0 saturated carbocycles. The van der Waals surface area contributed by atoms with Gasteiger partial charge in [0.05, 0.1) is 29.1 Å². The third-order valence-corrected chi connectivity index (χ3v) is 10.6. The molecule has 0 radical (unpaired) electrons. The van der Waals surface area contributed by atoms with Crippen molar-refractivity contribution >= 4 is 54.3 Å². The Labute approximate surface area is 325 Å². The highest BCUT2D eigenvalue weighted by Crippen LogP contribution is 2.40. The predicted molar refractivity (Wildman–Crippen MR) is 231 cm³/mol. The molecule has 0 bridgehead atoms. The molecule has 0 aliphatic heterocycles. The molecule has 256 valence electrons. The quantitative estimate of drug-likeness (QED) is 0.179. The van der Waals surface area contributed by atoms with Crippen LogP contribution in [0.3, 0.4) is 0 Å². The first-order valence-electron chi connectivity index (χ1n) is 20.8. The first kappa shape index (κ1) is 26.4. The Kier molecular flexibility index (Phi) is 6.07. The van der Waals surface area contributed by atoms with Crippen molar-refractivity contribution in [1.29, 1.82) is 0 Å². The highest BCUT2D eigenvalue weighted by atomic mass is 15.0. The van der Waals surface area contributed by atoms with Gasteiger partial charge in [0.1, 0.15) is 0 Å². The van der Waals surface area contributed by atoms with Crippen molar-refractivity contribution in [3.63, 3.8) is 0 Å². The molecule has 55 heavy (non-hydrogen) atoms. The Morgan fingerprint density at radius 2 is 1.02 bits per heavy atom. The summed E-state index contributed by atoms with van der Waals surface area (Å²) in [6, 6.07) is 56.4. The summed E-state index contributed by atoms with van der Waals surface area (Å²) in [7, 11) is 0. The summed E-state index contributed by atoms with van der Waals surface area (Å²) >= 11 is 0. The van der Waals surface area contributed by atoms with Gasteiger partial charge < -0.3 is 4.57 Å². The zero-order valence-corrected chi connectivity index (χ0v) is 29.5. The molecule has 2 heterocycles. The van der Waals surface area contributed by atoms with Gasteiger partial charge in [-0.05, 0) is 92.3 Å². The van der Waals surface area contributed by atoms with E-state index in [1.165, 1.54) is 0 Å². The molecule has 0 unspecified atom stereocenters. The van der Waals surface area contributed by atoms with Crippen molar-refractivity contribution in [3.8, 4) is 50.6 Å². The molecule has 11 rings (SSSR count). The Bertz CT molecular complexity index is 3520. The summed E-state index contributed by atoms with van der Waals surface area (Å²) in [6.07, 6.45) is 0. The normalized spacial score (nSPS) is 12.9. The molecule has 2 aromatic heterocycles. The van der Waals surface area contributed by atoms with Gasteiger partial charge in [0.15, 0.2) is 5.82 Å². The maximum atomic E-state index is 9.05. The van der Waals surface area contributed by atoms with E-state index in [0.717, 1.165) is 76.9 Å². The van der Waals surface area contributed by atoms with Gasteiger partial charge in [-0.1, -0.05) is 152 Å². The third-order valence-electron chi connectivity index (χ3n) is 10.6. The van der Waals surface area contributed by atoms with Crippen LogP contribution in [0.4, 0.5) is 0 Å². The van der Waals surface area contributed by atoms with Gasteiger partial charge in [0, 0.05) is 33.0 Å². The number of benzene rings is 9. The third kappa shape index (κ3) is 5.28. The minimum absolute atomic E-state index is 0.0313. The van der Waals surface area contributed by atoms with E-state index in [9.17, 15) is 0 Å². The largest absolute Gasteiger partial charge is 0.309 e. The fourth-order valence-corrected chi connectivity index (χ4v) is 8.02. The van der Waals surface area contributed by atoms with Crippen LogP contribution < -0.4 is 0 Å². The molecule has 3 nitrogen and oxygen atoms in total. The van der Waals surface area contributed by atoms with Crippen molar-refractivity contribution < 1.29 is 6.85 Å². The second-order valence-electron chi connectivity index (χ2n) is 13.9. The van der Waals surface area contributed by atoms with Gasteiger partial charge >= 0.3 is 0 Å². The van der Waals surface area contributed by atoms with Crippen molar-refractivity contribution in [1.82, 2.24) is 14.5 Å². The van der Waals surface area contributed by atoms with E-state index in [2.05, 4.69) is 108 Å². The van der Waals surface area contributed by atoms with Gasteiger partial charge in [-0.2, -0.15) is 0 Å². The van der Waals surface area contributed by atoms with Crippen LogP contribution in [0.1, 0.15) is 6.85 Å². The average Bonchev–Trinajstić information content (AvgIpc) is 3.61. The number of hydrogen-bond donors (Lipinski definition) is 0. The Hall–Kier alpha value is -7.36. The van der Waals surface area contributed by atoms with Crippen molar-refractivity contribution in [2.75, 3.05) is 0 Å². The van der Waals surface area contributed by atoms with Crippen LogP contribution in [0.15, 0.2) is 200 Å². The van der Waals surface area contributed by atoms with Gasteiger partial charge in [0.25, 0.3) is 0 Å². The molecule has 0 aliphatic carbocycles. The van der Waals surface area contributed by atoms with Gasteiger partial charge in [-0.15, -0.1) is 0 Å². The molecule has 0 aliphatic rings. The number of hydrogen-bond acceptors (Lipinski definition) is 2. The second-order valence-corrected chi connectivity index (χ2v) is 13.9. The topological polar surface area (TPSA) is 30.7 Å². The molecule has 3 heteroatoms. The number of nitrogens with zero attached hydrogens (tertiary/aromatic N) is 3. The van der Waals surface area contributed by atoms with Crippen LogP contribution in [0, 0.1) is 0 Å². The standard InChI is InChI=1S/C52H33N3/c1-4-14-34(15-5-1)39-24-26-48-47(31-39)51(36-18-8-3-9-19-36)54-52(53-48)46-33-42(28-41-22-12-13-23-43(41)46)55-49-27-25-40(35-16-6-2-7-17-35)30-44(49)45-29-37-20-10-11-21-38(37)32-50(45)55/h1-33H/i3D,8D,9D,18D,19D. The SMILES string of the molecule is [2H]c1c([2H])c([2H])c(-c2nc(-c3cc(-n4c5ccc(-c6ccccc6)cc5c5cc6ccccc6cc54)cc4ccccc34)nc3ccc(-c4ccccc4)cc23)c([2H])c1[2H]. The fourth-order valence-electron chi connectivity index (χ4n) is 8.02. The molecule has 0 spiro atoms. The molecule has 11 aromatic rings. The van der Waals surface area contributed by atoms with Crippen molar-refractivity contribution in [2.24, 2.45) is 0 Å². The van der Waals surface area contributed by atoms with Crippen LogP contribution in [0.5, 0.6) is 0 Å². The molecule has 0 saturated heterocycles. The van der Waals surface area contributed by atoms with Gasteiger partial charge in [0.2, 0.25) is 0 Å². The lowest BCUT2D eigenvalue weighted by atomic mass is 9.99. The fraction of sp³-hybridized carbons (Fsp3) is 0. The summed E-state index contributed by atoms with van der Waals surface area (Å²) in [4.78, 5) is 10.4. The monoisotopic (exact) mass is 704 g/mol. The number of rotatable bonds is 5.